The van der Waals surface area contributed by atoms with Gasteiger partial charge in [0.2, 0.25) is 0 Å². The largest absolute Gasteiger partial charge is 0.374 e. The summed E-state index contributed by atoms with van der Waals surface area (Å²) in [5.41, 5.74) is 0.339. The van der Waals surface area contributed by atoms with Crippen LogP contribution in [0.4, 0.5) is 0 Å². The lowest BCUT2D eigenvalue weighted by Crippen LogP contribution is -2.50. The summed E-state index contributed by atoms with van der Waals surface area (Å²) in [6.07, 6.45) is 6.97. The second kappa shape index (κ2) is 7.98. The van der Waals surface area contributed by atoms with Gasteiger partial charge in [0.15, 0.2) is 0 Å². The Labute approximate surface area is 129 Å². The fourth-order valence-electron chi connectivity index (χ4n) is 3.49. The van der Waals surface area contributed by atoms with Crippen molar-refractivity contribution in [3.05, 3.63) is 0 Å². The van der Waals surface area contributed by atoms with Gasteiger partial charge in [0, 0.05) is 38.1 Å². The maximum atomic E-state index is 6.24. The number of rotatable bonds is 6. The first-order chi connectivity index (χ1) is 9.65. The molecular formula is C16H31ClN2O. The summed E-state index contributed by atoms with van der Waals surface area (Å²) in [5, 5.41) is 3.64. The molecule has 118 valence electrons. The van der Waals surface area contributed by atoms with Gasteiger partial charge in [0.1, 0.15) is 0 Å². The van der Waals surface area contributed by atoms with Gasteiger partial charge < -0.3 is 10.1 Å². The molecule has 1 N–H and O–H groups in total. The van der Waals surface area contributed by atoms with Crippen molar-refractivity contribution in [1.29, 1.82) is 0 Å². The summed E-state index contributed by atoms with van der Waals surface area (Å²) in [4.78, 5) is 2.51. The summed E-state index contributed by atoms with van der Waals surface area (Å²) >= 11 is 6.24. The minimum absolute atomic E-state index is 0.335. The smallest absolute Gasteiger partial charge is 0.0826 e. The first kappa shape index (κ1) is 16.5. The predicted octanol–water partition coefficient (Wildman–Crippen LogP) is 2.87. The molecule has 1 aliphatic heterocycles. The Balaban J connectivity index is 1.71. The molecule has 1 saturated heterocycles. The number of nitrogens with one attached hydrogen (secondary N) is 1. The number of morpholine rings is 1. The van der Waals surface area contributed by atoms with Crippen LogP contribution in [-0.2, 0) is 4.74 Å². The van der Waals surface area contributed by atoms with Gasteiger partial charge in [-0.2, -0.15) is 0 Å². The van der Waals surface area contributed by atoms with Gasteiger partial charge in [-0.05, 0) is 32.1 Å². The summed E-state index contributed by atoms with van der Waals surface area (Å²) in [7, 11) is 0. The molecule has 0 aromatic heterocycles. The van der Waals surface area contributed by atoms with Crippen LogP contribution in [0.15, 0.2) is 0 Å². The molecule has 1 atom stereocenters. The average Bonchev–Trinajstić information content (AvgIpc) is 2.48. The van der Waals surface area contributed by atoms with Gasteiger partial charge in [0.05, 0.1) is 12.7 Å². The quantitative estimate of drug-likeness (QED) is 0.764. The number of nitrogens with zero attached hydrogens (tertiary/aromatic N) is 1. The van der Waals surface area contributed by atoms with E-state index in [1.807, 2.05) is 0 Å². The fraction of sp³-hybridized carbons (Fsp3) is 1.00. The average molecular weight is 303 g/mol. The highest BCUT2D eigenvalue weighted by Gasteiger charge is 2.31. The lowest BCUT2D eigenvalue weighted by molar-refractivity contribution is -0.0381. The predicted molar refractivity (Wildman–Crippen MR) is 85.6 cm³/mol. The first-order valence-corrected chi connectivity index (χ1v) is 8.81. The molecule has 2 fully saturated rings. The Bertz CT molecular complexity index is 280. The molecule has 1 heterocycles. The number of hydrogen-bond donors (Lipinski definition) is 1. The molecule has 0 aromatic rings. The van der Waals surface area contributed by atoms with Crippen molar-refractivity contribution in [2.45, 2.75) is 58.1 Å². The zero-order chi connectivity index (χ0) is 14.4. The van der Waals surface area contributed by atoms with Crippen molar-refractivity contribution in [2.24, 2.45) is 5.41 Å². The zero-order valence-electron chi connectivity index (χ0n) is 13.2. The van der Waals surface area contributed by atoms with E-state index in [4.69, 9.17) is 16.3 Å². The second-order valence-corrected chi connectivity index (χ2v) is 7.17. The van der Waals surface area contributed by atoms with Gasteiger partial charge in [-0.15, -0.1) is 11.6 Å². The molecule has 1 aliphatic carbocycles. The summed E-state index contributed by atoms with van der Waals surface area (Å²) in [6.45, 7) is 9.53. The van der Waals surface area contributed by atoms with Crippen LogP contribution in [-0.4, -0.2) is 55.7 Å². The standard InChI is InChI=1S/C16H31ClN2O/c1-14(2)19-8-9-20-15(11-19)10-18-13-16(12-17)6-4-3-5-7-16/h14-15,18H,3-13H2,1-2H3. The zero-order valence-corrected chi connectivity index (χ0v) is 13.9. The fourth-order valence-corrected chi connectivity index (χ4v) is 3.85. The van der Waals surface area contributed by atoms with Crippen LogP contribution in [0.2, 0.25) is 0 Å². The van der Waals surface area contributed by atoms with E-state index in [0.29, 0.717) is 17.6 Å². The number of ether oxygens (including phenoxy) is 1. The third kappa shape index (κ3) is 4.59. The van der Waals surface area contributed by atoms with E-state index >= 15 is 0 Å². The van der Waals surface area contributed by atoms with Crippen LogP contribution in [0.3, 0.4) is 0 Å². The molecule has 0 amide bonds. The monoisotopic (exact) mass is 302 g/mol. The third-order valence-corrected chi connectivity index (χ3v) is 5.54. The Morgan fingerprint density at radius 1 is 1.30 bits per heavy atom. The van der Waals surface area contributed by atoms with Crippen molar-refractivity contribution >= 4 is 11.6 Å². The van der Waals surface area contributed by atoms with E-state index in [9.17, 15) is 0 Å². The lowest BCUT2D eigenvalue weighted by atomic mass is 9.75. The molecule has 20 heavy (non-hydrogen) atoms. The molecule has 0 spiro atoms. The van der Waals surface area contributed by atoms with Crippen LogP contribution in [0.5, 0.6) is 0 Å². The third-order valence-electron chi connectivity index (χ3n) is 4.97. The second-order valence-electron chi connectivity index (χ2n) is 6.91. The molecule has 2 aliphatic rings. The molecule has 3 nitrogen and oxygen atoms in total. The number of hydrogen-bond acceptors (Lipinski definition) is 3. The van der Waals surface area contributed by atoms with Crippen molar-refractivity contribution in [2.75, 3.05) is 38.7 Å². The van der Waals surface area contributed by atoms with Gasteiger partial charge in [-0.1, -0.05) is 19.3 Å². The van der Waals surface area contributed by atoms with E-state index in [0.717, 1.165) is 38.7 Å². The van der Waals surface area contributed by atoms with E-state index < -0.39 is 0 Å². The van der Waals surface area contributed by atoms with Crippen LogP contribution < -0.4 is 5.32 Å². The van der Waals surface area contributed by atoms with Crippen LogP contribution in [0.1, 0.15) is 46.0 Å². The molecular weight excluding hydrogens is 272 g/mol. The summed E-state index contributed by atoms with van der Waals surface area (Å²) in [5.74, 6) is 0.795. The van der Waals surface area contributed by atoms with Crippen molar-refractivity contribution in [1.82, 2.24) is 10.2 Å². The Hall–Kier alpha value is 0.170. The SMILES string of the molecule is CC(C)N1CCOC(CNCC2(CCl)CCCCC2)C1. The maximum Gasteiger partial charge on any atom is 0.0826 e. The molecule has 0 bridgehead atoms. The molecule has 0 aromatic carbocycles. The Morgan fingerprint density at radius 3 is 2.70 bits per heavy atom. The van der Waals surface area contributed by atoms with Gasteiger partial charge in [0.25, 0.3) is 0 Å². The highest BCUT2D eigenvalue weighted by Crippen LogP contribution is 2.36. The lowest BCUT2D eigenvalue weighted by Gasteiger charge is -2.38. The Morgan fingerprint density at radius 2 is 2.05 bits per heavy atom. The minimum Gasteiger partial charge on any atom is -0.374 e. The van der Waals surface area contributed by atoms with Crippen molar-refractivity contribution in [3.63, 3.8) is 0 Å². The number of alkyl halides is 1. The normalized spacial score (nSPS) is 27.9. The van der Waals surface area contributed by atoms with E-state index in [-0.39, 0.29) is 0 Å². The van der Waals surface area contributed by atoms with Crippen LogP contribution in [0.25, 0.3) is 0 Å². The van der Waals surface area contributed by atoms with Crippen LogP contribution >= 0.6 is 11.6 Å². The van der Waals surface area contributed by atoms with E-state index in [1.54, 1.807) is 0 Å². The van der Waals surface area contributed by atoms with Gasteiger partial charge in [-0.25, -0.2) is 0 Å². The van der Waals surface area contributed by atoms with Gasteiger partial charge >= 0.3 is 0 Å². The minimum atomic E-state index is 0.335. The number of halogens is 1. The molecule has 1 unspecified atom stereocenters. The van der Waals surface area contributed by atoms with Crippen molar-refractivity contribution in [3.8, 4) is 0 Å². The molecule has 4 heteroatoms. The van der Waals surface area contributed by atoms with E-state index in [1.165, 1.54) is 32.1 Å². The van der Waals surface area contributed by atoms with Gasteiger partial charge in [-0.3, -0.25) is 4.90 Å². The van der Waals surface area contributed by atoms with E-state index in [2.05, 4.69) is 24.1 Å². The first-order valence-electron chi connectivity index (χ1n) is 8.27. The highest BCUT2D eigenvalue weighted by atomic mass is 35.5. The van der Waals surface area contributed by atoms with Crippen LogP contribution in [0, 0.1) is 5.41 Å². The van der Waals surface area contributed by atoms with Crippen molar-refractivity contribution < 1.29 is 4.74 Å². The summed E-state index contributed by atoms with van der Waals surface area (Å²) < 4.78 is 5.88. The summed E-state index contributed by atoms with van der Waals surface area (Å²) in [6, 6.07) is 0.619. The molecule has 2 rings (SSSR count). The maximum absolute atomic E-state index is 6.24. The molecule has 1 saturated carbocycles. The topological polar surface area (TPSA) is 24.5 Å². The highest BCUT2D eigenvalue weighted by molar-refractivity contribution is 6.18. The Kier molecular flexibility index (Phi) is 6.60. The molecule has 0 radical (unpaired) electrons.